The lowest BCUT2D eigenvalue weighted by Crippen LogP contribution is -2.52. The Morgan fingerprint density at radius 1 is 0.943 bits per heavy atom. The van der Waals surface area contributed by atoms with E-state index in [0.29, 0.717) is 17.9 Å². The highest BCUT2D eigenvalue weighted by molar-refractivity contribution is 9.12. The maximum atomic E-state index is 13.5. The largest absolute Gasteiger partial charge is 0.292 e. The highest BCUT2D eigenvalue weighted by Gasteiger charge is 2.54. The zero-order valence-corrected chi connectivity index (χ0v) is 21.9. The number of imide groups is 1. The Morgan fingerprint density at radius 3 is 1.91 bits per heavy atom. The van der Waals surface area contributed by atoms with E-state index in [9.17, 15) is 29.3 Å². The topological polar surface area (TPSA) is 118 Å². The normalized spacial score (nSPS) is 23.7. The summed E-state index contributed by atoms with van der Waals surface area (Å²) in [6.45, 7) is -0.580. The van der Waals surface area contributed by atoms with Crippen LogP contribution in [0.2, 0.25) is 5.02 Å². The summed E-state index contributed by atoms with van der Waals surface area (Å²) in [4.78, 5) is 63.5. The molecule has 0 radical (unpaired) electrons. The Balaban J connectivity index is 1.69. The minimum absolute atomic E-state index is 0.00767. The lowest BCUT2D eigenvalue weighted by Gasteiger charge is -2.30. The molecule has 1 saturated carbocycles. The Hall–Kier alpha value is -2.63. The fourth-order valence-corrected chi connectivity index (χ4v) is 5.65. The summed E-state index contributed by atoms with van der Waals surface area (Å²) in [5, 5.41) is 13.0. The van der Waals surface area contributed by atoms with E-state index in [0.717, 1.165) is 22.2 Å². The van der Waals surface area contributed by atoms with Crippen LogP contribution in [0, 0.1) is 22.0 Å². The van der Waals surface area contributed by atoms with Crippen LogP contribution in [-0.4, -0.2) is 54.6 Å². The molecule has 2 aromatic rings. The van der Waals surface area contributed by atoms with E-state index in [1.54, 1.807) is 0 Å². The number of hydrogen-bond acceptors (Lipinski definition) is 6. The van der Waals surface area contributed by atoms with Crippen molar-refractivity contribution in [3.8, 4) is 0 Å². The highest BCUT2D eigenvalue weighted by atomic mass is 79.9. The third kappa shape index (κ3) is 5.03. The molecular formula is C23H18Br2ClN3O6. The summed E-state index contributed by atoms with van der Waals surface area (Å²) < 4.78 is 0. The molecule has 1 aliphatic heterocycles. The van der Waals surface area contributed by atoms with Gasteiger partial charge in [-0.05, 0) is 49.2 Å². The van der Waals surface area contributed by atoms with Crippen molar-refractivity contribution in [2.75, 3.05) is 6.54 Å². The van der Waals surface area contributed by atoms with Crippen molar-refractivity contribution in [3.05, 3.63) is 74.8 Å². The molecule has 35 heavy (non-hydrogen) atoms. The van der Waals surface area contributed by atoms with E-state index in [1.807, 2.05) is 0 Å². The molecule has 4 rings (SSSR count). The minimum Gasteiger partial charge on any atom is -0.292 e. The van der Waals surface area contributed by atoms with Crippen molar-refractivity contribution in [1.82, 2.24) is 10.0 Å². The van der Waals surface area contributed by atoms with Gasteiger partial charge in [0.25, 0.3) is 23.4 Å². The molecule has 9 nitrogen and oxygen atoms in total. The molecule has 0 spiro atoms. The van der Waals surface area contributed by atoms with Crippen molar-refractivity contribution < 1.29 is 24.1 Å². The number of ketones is 1. The molecule has 1 aliphatic carbocycles. The number of benzene rings is 2. The van der Waals surface area contributed by atoms with Gasteiger partial charge in [0.2, 0.25) is 0 Å². The average Bonchev–Trinajstić information content (AvgIpc) is 3.06. The van der Waals surface area contributed by atoms with Crippen LogP contribution >= 0.6 is 43.5 Å². The summed E-state index contributed by atoms with van der Waals surface area (Å²) in [5.74, 6) is -3.67. The zero-order chi connectivity index (χ0) is 25.4. The molecule has 1 saturated heterocycles. The van der Waals surface area contributed by atoms with Gasteiger partial charge in [-0.25, -0.2) is 5.01 Å². The monoisotopic (exact) mass is 625 g/mol. The van der Waals surface area contributed by atoms with Crippen molar-refractivity contribution in [1.29, 1.82) is 0 Å². The smallest absolute Gasteiger partial charge is 0.273 e. The quantitative estimate of drug-likeness (QED) is 0.154. The fourth-order valence-electron chi connectivity index (χ4n) is 4.29. The minimum atomic E-state index is -0.798. The van der Waals surface area contributed by atoms with Crippen LogP contribution < -0.4 is 0 Å². The van der Waals surface area contributed by atoms with Gasteiger partial charge >= 0.3 is 0 Å². The summed E-state index contributed by atoms with van der Waals surface area (Å²) in [6.07, 6.45) is 0.790. The molecule has 2 aliphatic rings. The lowest BCUT2D eigenvalue weighted by molar-refractivity contribution is -0.384. The van der Waals surface area contributed by atoms with Gasteiger partial charge in [-0.3, -0.25) is 29.3 Å². The van der Waals surface area contributed by atoms with Crippen molar-refractivity contribution >= 4 is 72.7 Å². The van der Waals surface area contributed by atoms with Crippen LogP contribution in [0.4, 0.5) is 5.69 Å². The molecular weight excluding hydrogens is 610 g/mol. The number of rotatable bonds is 6. The highest BCUT2D eigenvalue weighted by Crippen LogP contribution is 2.43. The van der Waals surface area contributed by atoms with Gasteiger partial charge in [-0.15, -0.1) is 0 Å². The van der Waals surface area contributed by atoms with Crippen LogP contribution in [0.1, 0.15) is 33.6 Å². The second kappa shape index (κ2) is 10.2. The maximum absolute atomic E-state index is 13.5. The molecule has 0 unspecified atom stereocenters. The number of nitro groups is 1. The molecule has 2 aromatic carbocycles. The Bertz CT molecular complexity index is 1180. The Morgan fingerprint density at radius 2 is 1.43 bits per heavy atom. The molecule has 0 bridgehead atoms. The number of nitrogens with zero attached hydrogens (tertiary/aromatic N) is 3. The van der Waals surface area contributed by atoms with Gasteiger partial charge in [0.05, 0.1) is 16.8 Å². The van der Waals surface area contributed by atoms with E-state index in [1.165, 1.54) is 36.4 Å². The van der Waals surface area contributed by atoms with Gasteiger partial charge in [-0.1, -0.05) is 43.5 Å². The van der Waals surface area contributed by atoms with E-state index in [4.69, 9.17) is 11.6 Å². The van der Waals surface area contributed by atoms with Crippen molar-refractivity contribution in [2.45, 2.75) is 22.5 Å². The van der Waals surface area contributed by atoms with E-state index < -0.39 is 46.8 Å². The van der Waals surface area contributed by atoms with E-state index >= 15 is 0 Å². The van der Waals surface area contributed by atoms with E-state index in [-0.39, 0.29) is 26.5 Å². The van der Waals surface area contributed by atoms with Crippen molar-refractivity contribution in [2.24, 2.45) is 11.8 Å². The number of non-ortho nitro benzene ring substituents is 1. The number of alkyl halides is 2. The second-order valence-corrected chi connectivity index (χ2v) is 11.1. The maximum Gasteiger partial charge on any atom is 0.273 e. The van der Waals surface area contributed by atoms with Crippen LogP contribution in [0.3, 0.4) is 0 Å². The third-order valence-corrected chi connectivity index (χ3v) is 9.13. The SMILES string of the molecule is O=C(CN(C(=O)c1ccc([N+](=O)[O-])cc1)N1C(=O)[C@@H]2C[C@H](Br)[C@@H](Br)C[C@H]2C1=O)c1ccc(Cl)cc1. The van der Waals surface area contributed by atoms with E-state index in [2.05, 4.69) is 31.9 Å². The molecule has 4 atom stereocenters. The lowest BCUT2D eigenvalue weighted by atomic mass is 9.81. The molecule has 3 amide bonds. The number of carbonyl (C=O) groups is 4. The molecule has 12 heteroatoms. The fraction of sp³-hybridized carbons (Fsp3) is 0.304. The molecule has 2 fully saturated rings. The Kier molecular flexibility index (Phi) is 7.39. The van der Waals surface area contributed by atoms with Crippen molar-refractivity contribution in [3.63, 3.8) is 0 Å². The predicted molar refractivity (Wildman–Crippen MR) is 133 cm³/mol. The summed E-state index contributed by atoms with van der Waals surface area (Å²) in [5.41, 5.74) is 0.0107. The summed E-state index contributed by atoms with van der Waals surface area (Å²) >= 11 is 12.9. The standard InChI is InChI=1S/C23H18Br2ClN3O6/c24-18-9-16-17(10-19(18)25)23(33)28(22(16)32)27(11-20(30)12-1-5-14(26)6-2-12)21(31)13-3-7-15(8-4-13)29(34)35/h1-8,16-19H,9-11H2/t16-,17-,18+,19+/m1/s1. The second-order valence-electron chi connectivity index (χ2n) is 8.30. The number of nitro benzene ring substituents is 1. The first-order chi connectivity index (χ1) is 16.6. The zero-order valence-electron chi connectivity index (χ0n) is 18.0. The molecule has 1 heterocycles. The number of halogens is 3. The van der Waals surface area contributed by atoms with Gasteiger partial charge in [0, 0.05) is 37.9 Å². The van der Waals surface area contributed by atoms with Crippen LogP contribution in [0.25, 0.3) is 0 Å². The summed E-state index contributed by atoms with van der Waals surface area (Å²) in [6, 6.07) is 10.7. The number of Topliss-reactive ketones (excluding diaryl/α,β-unsaturated/α-hetero) is 1. The average molecular weight is 628 g/mol. The molecule has 182 valence electrons. The number of fused-ring (bicyclic) bond motifs is 1. The molecule has 0 N–H and O–H groups in total. The first-order valence-corrected chi connectivity index (χ1v) is 12.8. The van der Waals surface area contributed by atoms with Crippen LogP contribution in [0.15, 0.2) is 48.5 Å². The first kappa shape index (κ1) is 25.5. The number of hydrazine groups is 1. The van der Waals surface area contributed by atoms with Gasteiger partial charge in [0.1, 0.15) is 6.54 Å². The third-order valence-electron chi connectivity index (χ3n) is 6.15. The van der Waals surface area contributed by atoms with Gasteiger partial charge in [-0.2, -0.15) is 5.01 Å². The predicted octanol–water partition coefficient (Wildman–Crippen LogP) is 4.41. The van der Waals surface area contributed by atoms with Gasteiger partial charge in [0.15, 0.2) is 5.78 Å². The molecule has 0 aromatic heterocycles. The van der Waals surface area contributed by atoms with Gasteiger partial charge < -0.3 is 0 Å². The summed E-state index contributed by atoms with van der Waals surface area (Å²) in [7, 11) is 0. The number of carbonyl (C=O) groups excluding carboxylic acids is 4. The van der Waals surface area contributed by atoms with Crippen LogP contribution in [-0.2, 0) is 9.59 Å². The first-order valence-electron chi connectivity index (χ1n) is 10.6. The van der Waals surface area contributed by atoms with Crippen LogP contribution in [0.5, 0.6) is 0 Å². The Labute approximate surface area is 221 Å². The number of amides is 3. The number of hydrogen-bond donors (Lipinski definition) is 0.